The number of carbonyl (C=O) groups is 1. The molecule has 0 spiro atoms. The largest absolute Gasteiger partial charge is 0.494 e. The second-order valence-corrected chi connectivity index (χ2v) is 6.10. The molecule has 5 nitrogen and oxygen atoms in total. The summed E-state index contributed by atoms with van der Waals surface area (Å²) in [7, 11) is 2.75. The number of hydrogen-bond donors (Lipinski definition) is 2. The number of carbonyl (C=O) groups excluding carboxylic acids is 1. The standard InChI is InChI=1S/C18H19Cl2NO4/c1-24-17-13(19)8-12(9-14(17)20)16(18(23)25-2)21-15(10-22)11-6-4-3-5-7-11/h3-9,15-16,21-22H,10H2,1-2H3/t15-,16-/m1/s1. The molecule has 0 aliphatic rings. The van der Waals surface area contributed by atoms with Crippen LogP contribution in [0.2, 0.25) is 10.0 Å². The molecule has 2 aromatic rings. The van der Waals surface area contributed by atoms with Crippen LogP contribution >= 0.6 is 23.2 Å². The number of methoxy groups -OCH3 is 2. The summed E-state index contributed by atoms with van der Waals surface area (Å²) in [5, 5.41) is 13.4. The van der Waals surface area contributed by atoms with Crippen molar-refractivity contribution >= 4 is 29.2 Å². The van der Waals surface area contributed by atoms with E-state index in [-0.39, 0.29) is 16.7 Å². The molecular weight excluding hydrogens is 365 g/mol. The van der Waals surface area contributed by atoms with Crippen molar-refractivity contribution in [2.24, 2.45) is 0 Å². The predicted molar refractivity (Wildman–Crippen MR) is 97.2 cm³/mol. The summed E-state index contributed by atoms with van der Waals surface area (Å²) in [6.07, 6.45) is 0. The van der Waals surface area contributed by atoms with Crippen molar-refractivity contribution in [2.75, 3.05) is 20.8 Å². The summed E-state index contributed by atoms with van der Waals surface area (Å²) in [6, 6.07) is 11.1. The first-order chi connectivity index (χ1) is 12.0. The highest BCUT2D eigenvalue weighted by Crippen LogP contribution is 2.36. The SMILES string of the molecule is COC(=O)[C@H](N[C@H](CO)c1ccccc1)c1cc(Cl)c(OC)c(Cl)c1. The molecule has 0 saturated heterocycles. The van der Waals surface area contributed by atoms with Crippen molar-refractivity contribution in [3.8, 4) is 5.75 Å². The van der Waals surface area contributed by atoms with E-state index in [9.17, 15) is 9.90 Å². The second kappa shape index (κ2) is 9.06. The van der Waals surface area contributed by atoms with E-state index in [0.29, 0.717) is 11.3 Å². The highest BCUT2D eigenvalue weighted by Gasteiger charge is 2.27. The van der Waals surface area contributed by atoms with Gasteiger partial charge >= 0.3 is 5.97 Å². The predicted octanol–water partition coefficient (Wildman–Crippen LogP) is 3.54. The Labute approximate surface area is 156 Å². The molecule has 0 fully saturated rings. The molecule has 134 valence electrons. The van der Waals surface area contributed by atoms with Gasteiger partial charge in [0.15, 0.2) is 5.75 Å². The molecule has 0 aliphatic heterocycles. The lowest BCUT2D eigenvalue weighted by molar-refractivity contribution is -0.143. The van der Waals surface area contributed by atoms with Gasteiger partial charge in [-0.15, -0.1) is 0 Å². The van der Waals surface area contributed by atoms with Crippen LogP contribution in [0.25, 0.3) is 0 Å². The average Bonchev–Trinajstić information content (AvgIpc) is 2.62. The van der Waals surface area contributed by atoms with Gasteiger partial charge in [-0.1, -0.05) is 53.5 Å². The molecule has 0 saturated carbocycles. The number of esters is 1. The topological polar surface area (TPSA) is 67.8 Å². The Morgan fingerprint density at radius 2 is 1.72 bits per heavy atom. The van der Waals surface area contributed by atoms with E-state index in [4.69, 9.17) is 32.7 Å². The minimum Gasteiger partial charge on any atom is -0.494 e. The molecule has 2 aromatic carbocycles. The zero-order chi connectivity index (χ0) is 18.4. The maximum Gasteiger partial charge on any atom is 0.327 e. The zero-order valence-corrected chi connectivity index (χ0v) is 15.3. The minimum absolute atomic E-state index is 0.199. The fraction of sp³-hybridized carbons (Fsp3) is 0.278. The third-order valence-corrected chi connectivity index (χ3v) is 4.31. The highest BCUT2D eigenvalue weighted by molar-refractivity contribution is 6.37. The van der Waals surface area contributed by atoms with E-state index >= 15 is 0 Å². The van der Waals surface area contributed by atoms with E-state index in [0.717, 1.165) is 5.56 Å². The molecule has 0 unspecified atom stereocenters. The van der Waals surface area contributed by atoms with Crippen LogP contribution in [0, 0.1) is 0 Å². The molecule has 0 radical (unpaired) electrons. The second-order valence-electron chi connectivity index (χ2n) is 5.29. The van der Waals surface area contributed by atoms with E-state index in [1.807, 2.05) is 30.3 Å². The van der Waals surface area contributed by atoms with Gasteiger partial charge in [-0.05, 0) is 23.3 Å². The maximum absolute atomic E-state index is 12.3. The van der Waals surface area contributed by atoms with Crippen LogP contribution in [0.4, 0.5) is 0 Å². The number of nitrogens with one attached hydrogen (secondary N) is 1. The normalized spacial score (nSPS) is 13.2. The molecule has 2 N–H and O–H groups in total. The Morgan fingerprint density at radius 1 is 1.12 bits per heavy atom. The van der Waals surface area contributed by atoms with Crippen LogP contribution in [-0.2, 0) is 9.53 Å². The van der Waals surface area contributed by atoms with Gasteiger partial charge in [0.1, 0.15) is 6.04 Å². The number of aliphatic hydroxyl groups is 1. The fourth-order valence-electron chi connectivity index (χ4n) is 2.50. The Balaban J connectivity index is 2.38. The van der Waals surface area contributed by atoms with Crippen LogP contribution in [0.15, 0.2) is 42.5 Å². The van der Waals surface area contributed by atoms with E-state index in [2.05, 4.69) is 5.32 Å². The van der Waals surface area contributed by atoms with Crippen molar-refractivity contribution in [1.29, 1.82) is 0 Å². The van der Waals surface area contributed by atoms with Gasteiger partial charge in [0.2, 0.25) is 0 Å². The van der Waals surface area contributed by atoms with Gasteiger partial charge in [-0.2, -0.15) is 0 Å². The molecule has 7 heteroatoms. The van der Waals surface area contributed by atoms with Gasteiger partial charge in [-0.25, -0.2) is 4.79 Å². The summed E-state index contributed by atoms with van der Waals surface area (Å²) in [5.74, 6) is -0.191. The molecule has 25 heavy (non-hydrogen) atoms. The maximum atomic E-state index is 12.3. The zero-order valence-electron chi connectivity index (χ0n) is 13.8. The van der Waals surface area contributed by atoms with Crippen LogP contribution in [-0.4, -0.2) is 31.9 Å². The Morgan fingerprint density at radius 3 is 2.20 bits per heavy atom. The highest BCUT2D eigenvalue weighted by atomic mass is 35.5. The van der Waals surface area contributed by atoms with E-state index < -0.39 is 18.1 Å². The summed E-state index contributed by atoms with van der Waals surface area (Å²) in [6.45, 7) is -0.199. The van der Waals surface area contributed by atoms with Gasteiger partial charge in [-0.3, -0.25) is 5.32 Å². The third kappa shape index (κ3) is 4.64. The van der Waals surface area contributed by atoms with Gasteiger partial charge in [0.25, 0.3) is 0 Å². The smallest absolute Gasteiger partial charge is 0.327 e. The first-order valence-corrected chi connectivity index (χ1v) is 8.30. The molecule has 0 bridgehead atoms. The Kier molecular flexibility index (Phi) is 7.08. The molecule has 0 amide bonds. The van der Waals surface area contributed by atoms with Crippen molar-refractivity contribution in [3.05, 3.63) is 63.6 Å². The van der Waals surface area contributed by atoms with Crippen LogP contribution < -0.4 is 10.1 Å². The number of hydrogen-bond acceptors (Lipinski definition) is 5. The first-order valence-electron chi connectivity index (χ1n) is 7.54. The molecule has 2 rings (SSSR count). The van der Waals surface area contributed by atoms with Gasteiger partial charge < -0.3 is 14.6 Å². The van der Waals surface area contributed by atoms with Gasteiger partial charge in [0, 0.05) is 0 Å². The van der Waals surface area contributed by atoms with Crippen molar-refractivity contribution in [3.63, 3.8) is 0 Å². The lowest BCUT2D eigenvalue weighted by atomic mass is 10.0. The van der Waals surface area contributed by atoms with Crippen molar-refractivity contribution in [2.45, 2.75) is 12.1 Å². The molecule has 0 aromatic heterocycles. The van der Waals surface area contributed by atoms with Crippen molar-refractivity contribution in [1.82, 2.24) is 5.32 Å². The van der Waals surface area contributed by atoms with E-state index in [1.165, 1.54) is 14.2 Å². The lowest BCUT2D eigenvalue weighted by Crippen LogP contribution is -2.34. The number of aliphatic hydroxyl groups excluding tert-OH is 1. The monoisotopic (exact) mass is 383 g/mol. The number of halogens is 2. The van der Waals surface area contributed by atoms with Crippen LogP contribution in [0.5, 0.6) is 5.75 Å². The quantitative estimate of drug-likeness (QED) is 0.715. The Bertz CT molecular complexity index is 701. The number of benzene rings is 2. The van der Waals surface area contributed by atoms with Gasteiger partial charge in [0.05, 0.1) is 36.9 Å². The molecule has 0 heterocycles. The lowest BCUT2D eigenvalue weighted by Gasteiger charge is -2.24. The van der Waals surface area contributed by atoms with Crippen LogP contribution in [0.3, 0.4) is 0 Å². The summed E-state index contributed by atoms with van der Waals surface area (Å²) < 4.78 is 10.0. The number of ether oxygens (including phenoxy) is 2. The summed E-state index contributed by atoms with van der Waals surface area (Å²) in [5.41, 5.74) is 1.35. The van der Waals surface area contributed by atoms with Crippen LogP contribution in [0.1, 0.15) is 23.2 Å². The third-order valence-electron chi connectivity index (χ3n) is 3.75. The fourth-order valence-corrected chi connectivity index (χ4v) is 3.16. The molecule has 0 aliphatic carbocycles. The summed E-state index contributed by atoms with van der Waals surface area (Å²) in [4.78, 5) is 12.3. The molecular formula is C18H19Cl2NO4. The van der Waals surface area contributed by atoms with E-state index in [1.54, 1.807) is 12.1 Å². The van der Waals surface area contributed by atoms with Crippen molar-refractivity contribution < 1.29 is 19.4 Å². The number of rotatable bonds is 7. The Hall–Kier alpha value is -1.79. The molecule has 2 atom stereocenters. The summed E-state index contributed by atoms with van der Waals surface area (Å²) >= 11 is 12.4. The first kappa shape index (κ1) is 19.5. The minimum atomic E-state index is -0.858. The average molecular weight is 384 g/mol.